The molecule has 6 heteroatoms. The van der Waals surface area contributed by atoms with E-state index in [-0.39, 0.29) is 5.91 Å². The van der Waals surface area contributed by atoms with Gasteiger partial charge in [-0.1, -0.05) is 36.4 Å². The predicted molar refractivity (Wildman–Crippen MR) is 103 cm³/mol. The Hall–Kier alpha value is -2.99. The normalized spacial score (nSPS) is 16.0. The van der Waals surface area contributed by atoms with Crippen molar-refractivity contribution in [1.82, 2.24) is 25.2 Å². The number of H-pyrrole nitrogens is 1. The van der Waals surface area contributed by atoms with Crippen molar-refractivity contribution in [1.29, 1.82) is 0 Å². The average molecular weight is 361 g/mol. The molecular weight excluding hydrogens is 338 g/mol. The molecule has 2 aromatic heterocycles. The van der Waals surface area contributed by atoms with Gasteiger partial charge in [0.2, 0.25) is 5.91 Å². The minimum absolute atomic E-state index is 0.0250. The monoisotopic (exact) mass is 361 g/mol. The van der Waals surface area contributed by atoms with E-state index in [1.807, 2.05) is 54.3 Å². The SMILES string of the molecule is Cc1cccnc1CN(Cc1ccccc1)C(=O)C1NCCc2[nH]cnc21. The smallest absolute Gasteiger partial charge is 0.246 e. The molecule has 1 atom stereocenters. The van der Waals surface area contributed by atoms with E-state index < -0.39 is 6.04 Å². The number of aromatic amines is 1. The Labute approximate surface area is 158 Å². The number of rotatable bonds is 5. The summed E-state index contributed by atoms with van der Waals surface area (Å²) in [5.41, 5.74) is 4.94. The quantitative estimate of drug-likeness (QED) is 0.732. The molecule has 0 aliphatic carbocycles. The van der Waals surface area contributed by atoms with Gasteiger partial charge in [0.15, 0.2) is 0 Å². The van der Waals surface area contributed by atoms with Gasteiger partial charge in [0, 0.05) is 31.4 Å². The van der Waals surface area contributed by atoms with E-state index >= 15 is 0 Å². The molecular formula is C21H23N5O. The minimum Gasteiger partial charge on any atom is -0.348 e. The highest BCUT2D eigenvalue weighted by Crippen LogP contribution is 2.23. The summed E-state index contributed by atoms with van der Waals surface area (Å²) in [5.74, 6) is 0.0250. The van der Waals surface area contributed by atoms with Crippen LogP contribution < -0.4 is 5.32 Å². The van der Waals surface area contributed by atoms with Gasteiger partial charge in [0.1, 0.15) is 6.04 Å². The van der Waals surface area contributed by atoms with Gasteiger partial charge in [0.05, 0.1) is 24.3 Å². The maximum absolute atomic E-state index is 13.5. The van der Waals surface area contributed by atoms with E-state index in [0.29, 0.717) is 13.1 Å². The van der Waals surface area contributed by atoms with Crippen LogP contribution in [0.15, 0.2) is 55.0 Å². The molecule has 0 radical (unpaired) electrons. The van der Waals surface area contributed by atoms with Crippen LogP contribution in [0.2, 0.25) is 0 Å². The molecule has 0 bridgehead atoms. The molecule has 1 aromatic carbocycles. The second-order valence-corrected chi connectivity index (χ2v) is 6.85. The summed E-state index contributed by atoms with van der Waals surface area (Å²) in [6.07, 6.45) is 4.30. The first kappa shape index (κ1) is 17.4. The largest absolute Gasteiger partial charge is 0.348 e. The number of carbonyl (C=O) groups excluding carboxylic acids is 1. The van der Waals surface area contributed by atoms with Gasteiger partial charge < -0.3 is 15.2 Å². The Balaban J connectivity index is 1.63. The lowest BCUT2D eigenvalue weighted by molar-refractivity contribution is -0.135. The van der Waals surface area contributed by atoms with Gasteiger partial charge >= 0.3 is 0 Å². The highest BCUT2D eigenvalue weighted by molar-refractivity contribution is 5.83. The van der Waals surface area contributed by atoms with Gasteiger partial charge in [-0.05, 0) is 24.1 Å². The van der Waals surface area contributed by atoms with Crippen LogP contribution in [0.3, 0.4) is 0 Å². The van der Waals surface area contributed by atoms with Crippen LogP contribution in [0, 0.1) is 6.92 Å². The van der Waals surface area contributed by atoms with E-state index in [1.54, 1.807) is 12.5 Å². The lowest BCUT2D eigenvalue weighted by atomic mass is 10.0. The van der Waals surface area contributed by atoms with Crippen molar-refractivity contribution in [3.8, 4) is 0 Å². The Morgan fingerprint density at radius 3 is 2.81 bits per heavy atom. The summed E-state index contributed by atoms with van der Waals surface area (Å²) in [6.45, 7) is 3.79. The molecule has 4 rings (SSSR count). The molecule has 0 saturated heterocycles. The number of fused-ring (bicyclic) bond motifs is 1. The van der Waals surface area contributed by atoms with Gasteiger partial charge in [-0.2, -0.15) is 0 Å². The number of carbonyl (C=O) groups is 1. The fraction of sp³-hybridized carbons (Fsp3) is 0.286. The number of nitrogens with zero attached hydrogens (tertiary/aromatic N) is 3. The topological polar surface area (TPSA) is 73.9 Å². The van der Waals surface area contributed by atoms with Crippen molar-refractivity contribution in [3.63, 3.8) is 0 Å². The first-order valence-corrected chi connectivity index (χ1v) is 9.21. The third-order valence-electron chi connectivity index (χ3n) is 4.98. The van der Waals surface area contributed by atoms with Crippen molar-refractivity contribution >= 4 is 5.91 Å². The van der Waals surface area contributed by atoms with Crippen LogP contribution in [0.5, 0.6) is 0 Å². The maximum Gasteiger partial charge on any atom is 0.246 e. The number of hydrogen-bond acceptors (Lipinski definition) is 4. The van der Waals surface area contributed by atoms with Crippen LogP contribution in [0.1, 0.15) is 34.3 Å². The predicted octanol–water partition coefficient (Wildman–Crippen LogP) is 2.53. The van der Waals surface area contributed by atoms with E-state index in [0.717, 1.165) is 41.2 Å². The number of aromatic nitrogens is 3. The molecule has 2 N–H and O–H groups in total. The lowest BCUT2D eigenvalue weighted by Crippen LogP contribution is -2.43. The summed E-state index contributed by atoms with van der Waals surface area (Å²) < 4.78 is 0. The molecule has 1 unspecified atom stereocenters. The number of hydrogen-bond donors (Lipinski definition) is 2. The molecule has 0 fully saturated rings. The Kier molecular flexibility index (Phi) is 4.98. The molecule has 3 heterocycles. The summed E-state index contributed by atoms with van der Waals surface area (Å²) in [4.78, 5) is 27.4. The Bertz CT molecular complexity index is 921. The van der Waals surface area contributed by atoms with Gasteiger partial charge in [-0.15, -0.1) is 0 Å². The zero-order chi connectivity index (χ0) is 18.6. The Morgan fingerprint density at radius 1 is 1.15 bits per heavy atom. The van der Waals surface area contributed by atoms with Crippen molar-refractivity contribution in [2.75, 3.05) is 6.54 Å². The second kappa shape index (κ2) is 7.72. The number of pyridine rings is 1. The molecule has 1 aliphatic rings. The van der Waals surface area contributed by atoms with E-state index in [9.17, 15) is 4.79 Å². The minimum atomic E-state index is -0.423. The number of benzene rings is 1. The zero-order valence-electron chi connectivity index (χ0n) is 15.4. The van der Waals surface area contributed by atoms with Crippen LogP contribution in [-0.4, -0.2) is 32.3 Å². The first-order valence-electron chi connectivity index (χ1n) is 9.21. The lowest BCUT2D eigenvalue weighted by Gasteiger charge is -2.30. The van der Waals surface area contributed by atoms with E-state index in [4.69, 9.17) is 0 Å². The second-order valence-electron chi connectivity index (χ2n) is 6.85. The number of aryl methyl sites for hydroxylation is 1. The molecule has 6 nitrogen and oxygen atoms in total. The van der Waals surface area contributed by atoms with Gasteiger partial charge in [0.25, 0.3) is 0 Å². The van der Waals surface area contributed by atoms with Crippen LogP contribution in [-0.2, 0) is 24.3 Å². The number of nitrogens with one attached hydrogen (secondary N) is 2. The molecule has 0 saturated carbocycles. The molecule has 0 spiro atoms. The molecule has 1 aliphatic heterocycles. The Morgan fingerprint density at radius 2 is 2.00 bits per heavy atom. The summed E-state index contributed by atoms with van der Waals surface area (Å²) in [7, 11) is 0. The standard InChI is InChI=1S/C21H23N5O/c1-15-6-5-10-22-18(15)13-26(12-16-7-3-2-4-8-16)21(27)20-19-17(9-11-23-20)24-14-25-19/h2-8,10,14,20,23H,9,11-13H2,1H3,(H,24,25). The summed E-state index contributed by atoms with van der Waals surface area (Å²) >= 11 is 0. The van der Waals surface area contributed by atoms with Crippen molar-refractivity contribution < 1.29 is 4.79 Å². The molecule has 1 amide bonds. The molecule has 138 valence electrons. The van der Waals surface area contributed by atoms with Crippen molar-refractivity contribution in [2.24, 2.45) is 0 Å². The molecule has 3 aromatic rings. The zero-order valence-corrected chi connectivity index (χ0v) is 15.4. The van der Waals surface area contributed by atoms with Crippen LogP contribution in [0.25, 0.3) is 0 Å². The summed E-state index contributed by atoms with van der Waals surface area (Å²) in [5, 5.41) is 3.33. The number of amides is 1. The van der Waals surface area contributed by atoms with E-state index in [1.165, 1.54) is 0 Å². The third-order valence-corrected chi connectivity index (χ3v) is 4.98. The fourth-order valence-corrected chi connectivity index (χ4v) is 3.49. The maximum atomic E-state index is 13.5. The third kappa shape index (κ3) is 3.75. The highest BCUT2D eigenvalue weighted by Gasteiger charge is 2.32. The summed E-state index contributed by atoms with van der Waals surface area (Å²) in [6, 6.07) is 13.6. The van der Waals surface area contributed by atoms with Crippen molar-refractivity contribution in [3.05, 3.63) is 83.2 Å². The van der Waals surface area contributed by atoms with Crippen LogP contribution in [0.4, 0.5) is 0 Å². The first-order chi connectivity index (χ1) is 13.2. The van der Waals surface area contributed by atoms with Crippen LogP contribution >= 0.6 is 0 Å². The van der Waals surface area contributed by atoms with E-state index in [2.05, 4.69) is 20.3 Å². The fourth-order valence-electron chi connectivity index (χ4n) is 3.49. The highest BCUT2D eigenvalue weighted by atomic mass is 16.2. The van der Waals surface area contributed by atoms with Crippen molar-refractivity contribution in [2.45, 2.75) is 32.5 Å². The van der Waals surface area contributed by atoms with Gasteiger partial charge in [-0.3, -0.25) is 9.78 Å². The number of imidazole rings is 1. The molecule has 27 heavy (non-hydrogen) atoms. The van der Waals surface area contributed by atoms with Gasteiger partial charge in [-0.25, -0.2) is 4.98 Å². The average Bonchev–Trinajstić information content (AvgIpc) is 3.18.